The summed E-state index contributed by atoms with van der Waals surface area (Å²) in [6.45, 7) is 2.12. The van der Waals surface area contributed by atoms with Crippen molar-refractivity contribution in [2.45, 2.75) is 19.4 Å². The van der Waals surface area contributed by atoms with Crippen LogP contribution in [0.25, 0.3) is 11.4 Å². The largest absolute Gasteiger partial charge is 0.399 e. The Morgan fingerprint density at radius 2 is 1.76 bits per heavy atom. The average molecular weight is 279 g/mol. The molecular formula is C16H17N5. The quantitative estimate of drug-likeness (QED) is 0.745. The molecule has 5 nitrogen and oxygen atoms in total. The minimum absolute atomic E-state index is 0.176. The van der Waals surface area contributed by atoms with Gasteiger partial charge < -0.3 is 5.73 Å². The standard InChI is InChI=1S/C16H17N5/c1-12(11-13-5-3-2-4-6-13)21-16(18-19-20-21)14-7-9-15(17)10-8-14/h2-10,12H,11,17H2,1H3. The van der Waals surface area contributed by atoms with Crippen molar-refractivity contribution in [3.63, 3.8) is 0 Å². The normalized spacial score (nSPS) is 12.2. The number of rotatable bonds is 4. The fourth-order valence-corrected chi connectivity index (χ4v) is 2.35. The molecule has 0 aliphatic heterocycles. The topological polar surface area (TPSA) is 69.6 Å². The monoisotopic (exact) mass is 279 g/mol. The second-order valence-electron chi connectivity index (χ2n) is 5.11. The van der Waals surface area contributed by atoms with Crippen LogP contribution in [0, 0.1) is 0 Å². The molecule has 0 amide bonds. The van der Waals surface area contributed by atoms with Crippen LogP contribution < -0.4 is 5.73 Å². The van der Waals surface area contributed by atoms with E-state index < -0.39 is 0 Å². The van der Waals surface area contributed by atoms with E-state index in [1.54, 1.807) is 0 Å². The van der Waals surface area contributed by atoms with Crippen LogP contribution in [-0.2, 0) is 6.42 Å². The van der Waals surface area contributed by atoms with Gasteiger partial charge in [0.25, 0.3) is 0 Å². The lowest BCUT2D eigenvalue weighted by Gasteiger charge is -2.13. The first kappa shape index (κ1) is 13.3. The molecule has 1 aromatic heterocycles. The number of anilines is 1. The summed E-state index contributed by atoms with van der Waals surface area (Å²) >= 11 is 0. The number of aromatic nitrogens is 4. The lowest BCUT2D eigenvalue weighted by atomic mass is 10.1. The molecule has 0 saturated heterocycles. The van der Waals surface area contributed by atoms with Crippen LogP contribution in [0.3, 0.4) is 0 Å². The van der Waals surface area contributed by atoms with E-state index in [4.69, 9.17) is 5.73 Å². The molecule has 2 N–H and O–H groups in total. The molecule has 1 unspecified atom stereocenters. The van der Waals surface area contributed by atoms with E-state index in [9.17, 15) is 0 Å². The molecule has 1 heterocycles. The minimum Gasteiger partial charge on any atom is -0.399 e. The van der Waals surface area contributed by atoms with Crippen LogP contribution in [0.1, 0.15) is 18.5 Å². The summed E-state index contributed by atoms with van der Waals surface area (Å²) in [5, 5.41) is 12.1. The van der Waals surface area contributed by atoms with Gasteiger partial charge in [0.05, 0.1) is 6.04 Å². The summed E-state index contributed by atoms with van der Waals surface area (Å²) in [7, 11) is 0. The van der Waals surface area contributed by atoms with E-state index in [1.165, 1.54) is 5.56 Å². The Bertz CT molecular complexity index is 703. The van der Waals surface area contributed by atoms with E-state index in [-0.39, 0.29) is 6.04 Å². The Morgan fingerprint density at radius 3 is 2.48 bits per heavy atom. The number of nitrogen functional groups attached to an aromatic ring is 1. The number of hydrogen-bond donors (Lipinski definition) is 1. The van der Waals surface area contributed by atoms with Gasteiger partial charge in [0.1, 0.15) is 0 Å². The molecule has 0 fully saturated rings. The molecule has 106 valence electrons. The van der Waals surface area contributed by atoms with Gasteiger partial charge in [-0.25, -0.2) is 4.68 Å². The van der Waals surface area contributed by atoms with E-state index >= 15 is 0 Å². The van der Waals surface area contributed by atoms with E-state index in [0.717, 1.165) is 23.5 Å². The fraction of sp³-hybridized carbons (Fsp3) is 0.188. The highest BCUT2D eigenvalue weighted by Crippen LogP contribution is 2.22. The van der Waals surface area contributed by atoms with E-state index in [2.05, 4.69) is 34.6 Å². The average Bonchev–Trinajstić information content (AvgIpc) is 2.98. The van der Waals surface area contributed by atoms with Gasteiger partial charge in [-0.2, -0.15) is 0 Å². The van der Waals surface area contributed by atoms with Gasteiger partial charge in [-0.05, 0) is 53.6 Å². The molecule has 5 heteroatoms. The van der Waals surface area contributed by atoms with Crippen LogP contribution in [0.15, 0.2) is 54.6 Å². The third-order valence-electron chi connectivity index (χ3n) is 3.45. The fourth-order valence-electron chi connectivity index (χ4n) is 2.35. The second kappa shape index (κ2) is 5.75. The first-order valence-electron chi connectivity index (χ1n) is 6.92. The zero-order valence-electron chi connectivity index (χ0n) is 11.8. The summed E-state index contributed by atoms with van der Waals surface area (Å²) in [4.78, 5) is 0. The summed E-state index contributed by atoms with van der Waals surface area (Å²) < 4.78 is 1.86. The van der Waals surface area contributed by atoms with E-state index in [1.807, 2.05) is 47.1 Å². The summed E-state index contributed by atoms with van der Waals surface area (Å²) in [6.07, 6.45) is 0.883. The Kier molecular flexibility index (Phi) is 3.64. The van der Waals surface area contributed by atoms with Crippen molar-refractivity contribution >= 4 is 5.69 Å². The van der Waals surface area contributed by atoms with Gasteiger partial charge in [0.15, 0.2) is 5.82 Å². The van der Waals surface area contributed by atoms with Crippen molar-refractivity contribution in [3.8, 4) is 11.4 Å². The van der Waals surface area contributed by atoms with Crippen molar-refractivity contribution in [3.05, 3.63) is 60.2 Å². The number of nitrogens with two attached hydrogens (primary N) is 1. The van der Waals surface area contributed by atoms with Gasteiger partial charge in [0, 0.05) is 11.3 Å². The van der Waals surface area contributed by atoms with Crippen molar-refractivity contribution in [2.24, 2.45) is 0 Å². The first-order chi connectivity index (χ1) is 10.2. The summed E-state index contributed by atoms with van der Waals surface area (Å²) in [5.41, 5.74) is 8.69. The van der Waals surface area contributed by atoms with Crippen LogP contribution in [0.5, 0.6) is 0 Å². The maximum atomic E-state index is 5.72. The number of nitrogens with zero attached hydrogens (tertiary/aromatic N) is 4. The van der Waals surface area contributed by atoms with Crippen LogP contribution in [0.4, 0.5) is 5.69 Å². The third-order valence-corrected chi connectivity index (χ3v) is 3.45. The van der Waals surface area contributed by atoms with Gasteiger partial charge in [-0.1, -0.05) is 30.3 Å². The minimum atomic E-state index is 0.176. The van der Waals surface area contributed by atoms with Crippen LogP contribution >= 0.6 is 0 Å². The zero-order chi connectivity index (χ0) is 14.7. The molecule has 0 spiro atoms. The summed E-state index contributed by atoms with van der Waals surface area (Å²) in [5.74, 6) is 0.762. The maximum absolute atomic E-state index is 5.72. The van der Waals surface area contributed by atoms with Crippen molar-refractivity contribution in [1.82, 2.24) is 20.2 Å². The Morgan fingerprint density at radius 1 is 1.05 bits per heavy atom. The highest BCUT2D eigenvalue weighted by Gasteiger charge is 2.14. The van der Waals surface area contributed by atoms with Gasteiger partial charge in [0.2, 0.25) is 0 Å². The third kappa shape index (κ3) is 2.91. The van der Waals surface area contributed by atoms with Crippen molar-refractivity contribution in [1.29, 1.82) is 0 Å². The number of tetrazole rings is 1. The molecule has 1 atom stereocenters. The molecule has 0 bridgehead atoms. The predicted octanol–water partition coefficient (Wildman–Crippen LogP) is 2.73. The predicted molar refractivity (Wildman–Crippen MR) is 82.5 cm³/mol. The SMILES string of the molecule is CC(Cc1ccccc1)n1nnnc1-c1ccc(N)cc1. The van der Waals surface area contributed by atoms with E-state index in [0.29, 0.717) is 0 Å². The van der Waals surface area contributed by atoms with Crippen molar-refractivity contribution < 1.29 is 0 Å². The molecule has 21 heavy (non-hydrogen) atoms. The molecule has 3 rings (SSSR count). The van der Waals surface area contributed by atoms with Gasteiger partial charge >= 0.3 is 0 Å². The Hall–Kier alpha value is -2.69. The molecule has 2 aromatic carbocycles. The maximum Gasteiger partial charge on any atom is 0.182 e. The first-order valence-corrected chi connectivity index (χ1v) is 6.92. The Labute approximate surface area is 123 Å². The second-order valence-corrected chi connectivity index (χ2v) is 5.11. The molecule has 0 saturated carbocycles. The lowest BCUT2D eigenvalue weighted by Crippen LogP contribution is -2.11. The number of benzene rings is 2. The highest BCUT2D eigenvalue weighted by atomic mass is 15.5. The van der Waals surface area contributed by atoms with Crippen LogP contribution in [-0.4, -0.2) is 20.2 Å². The number of hydrogen-bond acceptors (Lipinski definition) is 4. The summed E-state index contributed by atoms with van der Waals surface area (Å²) in [6, 6.07) is 18.1. The van der Waals surface area contributed by atoms with Crippen molar-refractivity contribution in [2.75, 3.05) is 5.73 Å². The molecule has 0 radical (unpaired) electrons. The van der Waals surface area contributed by atoms with Gasteiger partial charge in [-0.3, -0.25) is 0 Å². The molecule has 3 aromatic rings. The molecular weight excluding hydrogens is 262 g/mol. The molecule has 0 aliphatic carbocycles. The van der Waals surface area contributed by atoms with Gasteiger partial charge in [-0.15, -0.1) is 5.10 Å². The van der Waals surface area contributed by atoms with Crippen LogP contribution in [0.2, 0.25) is 0 Å². The molecule has 0 aliphatic rings. The lowest BCUT2D eigenvalue weighted by molar-refractivity contribution is 0.479. The Balaban J connectivity index is 1.86. The smallest absolute Gasteiger partial charge is 0.182 e. The zero-order valence-corrected chi connectivity index (χ0v) is 11.8. The highest BCUT2D eigenvalue weighted by molar-refractivity contribution is 5.58.